The third-order valence-electron chi connectivity index (χ3n) is 5.59. The van der Waals surface area contributed by atoms with Crippen LogP contribution in [0.3, 0.4) is 0 Å². The van der Waals surface area contributed by atoms with Crippen molar-refractivity contribution in [3.63, 3.8) is 0 Å². The van der Waals surface area contributed by atoms with Crippen molar-refractivity contribution in [1.82, 2.24) is 14.9 Å². The van der Waals surface area contributed by atoms with Crippen LogP contribution in [0.25, 0.3) is 0 Å². The zero-order valence-corrected chi connectivity index (χ0v) is 15.4. The molecule has 138 valence electrons. The number of aromatic amines is 1. The molecule has 0 saturated carbocycles. The Bertz CT molecular complexity index is 798. The zero-order valence-electron chi connectivity index (χ0n) is 15.4. The largest absolute Gasteiger partial charge is 0.348 e. The Labute approximate surface area is 160 Å². The van der Waals surface area contributed by atoms with Crippen LogP contribution in [-0.4, -0.2) is 33.9 Å². The molecule has 0 radical (unpaired) electrons. The van der Waals surface area contributed by atoms with E-state index in [9.17, 15) is 4.79 Å². The Morgan fingerprint density at radius 3 is 2.11 bits per heavy atom. The van der Waals surface area contributed by atoms with Gasteiger partial charge in [0.1, 0.15) is 0 Å². The highest BCUT2D eigenvalue weighted by atomic mass is 16.2. The highest BCUT2D eigenvalue weighted by molar-refractivity contribution is 5.78. The highest BCUT2D eigenvalue weighted by Crippen LogP contribution is 2.31. The maximum absolute atomic E-state index is 13.1. The van der Waals surface area contributed by atoms with Crippen molar-refractivity contribution in [3.8, 4) is 0 Å². The number of imidazole rings is 1. The van der Waals surface area contributed by atoms with Gasteiger partial charge in [-0.15, -0.1) is 0 Å². The second-order valence-corrected chi connectivity index (χ2v) is 7.24. The minimum atomic E-state index is 0.102. The molecule has 1 amide bonds. The van der Waals surface area contributed by atoms with E-state index in [0.717, 1.165) is 25.9 Å². The van der Waals surface area contributed by atoms with E-state index in [1.165, 1.54) is 16.8 Å². The number of nitrogens with one attached hydrogen (secondary N) is 1. The molecule has 1 fully saturated rings. The summed E-state index contributed by atoms with van der Waals surface area (Å²) >= 11 is 0. The zero-order chi connectivity index (χ0) is 18.5. The normalized spacial score (nSPS) is 15.2. The van der Waals surface area contributed by atoms with E-state index < -0.39 is 0 Å². The average Bonchev–Trinajstić information content (AvgIpc) is 3.28. The lowest BCUT2D eigenvalue weighted by atomic mass is 9.87. The summed E-state index contributed by atoms with van der Waals surface area (Å²) in [5.41, 5.74) is 3.59. The Balaban J connectivity index is 1.45. The number of aromatic nitrogens is 2. The van der Waals surface area contributed by atoms with Gasteiger partial charge in [0.15, 0.2) is 0 Å². The molecular weight excluding hydrogens is 334 g/mol. The number of carbonyl (C=O) groups excluding carboxylic acids is 1. The molecule has 0 bridgehead atoms. The molecule has 0 unspecified atom stereocenters. The molecule has 4 nitrogen and oxygen atoms in total. The van der Waals surface area contributed by atoms with Gasteiger partial charge < -0.3 is 9.88 Å². The number of hydrogen-bond donors (Lipinski definition) is 1. The minimum Gasteiger partial charge on any atom is -0.348 e. The lowest BCUT2D eigenvalue weighted by Gasteiger charge is -2.32. The van der Waals surface area contributed by atoms with Crippen LogP contribution in [0.1, 0.15) is 47.9 Å². The van der Waals surface area contributed by atoms with E-state index in [2.05, 4.69) is 34.2 Å². The van der Waals surface area contributed by atoms with Crippen molar-refractivity contribution in [2.75, 3.05) is 13.1 Å². The van der Waals surface area contributed by atoms with Gasteiger partial charge in [-0.1, -0.05) is 60.7 Å². The summed E-state index contributed by atoms with van der Waals surface area (Å²) in [6.07, 6.45) is 6.15. The fourth-order valence-corrected chi connectivity index (χ4v) is 4.03. The third kappa shape index (κ3) is 4.11. The first-order valence-electron chi connectivity index (χ1n) is 9.67. The predicted molar refractivity (Wildman–Crippen MR) is 106 cm³/mol. The number of piperidine rings is 1. The molecule has 4 heteroatoms. The molecule has 2 aromatic carbocycles. The number of H-pyrrole nitrogens is 1. The van der Waals surface area contributed by atoms with Gasteiger partial charge in [0.2, 0.25) is 5.91 Å². The molecule has 2 heterocycles. The van der Waals surface area contributed by atoms with Crippen molar-refractivity contribution in [2.24, 2.45) is 0 Å². The van der Waals surface area contributed by atoms with Crippen LogP contribution in [0.2, 0.25) is 0 Å². The number of likely N-dealkylation sites (tertiary alicyclic amines) is 1. The number of amides is 1. The second kappa shape index (κ2) is 8.21. The Hall–Kier alpha value is -2.88. The molecule has 0 aliphatic carbocycles. The Morgan fingerprint density at radius 2 is 1.59 bits per heavy atom. The standard InChI is InChI=1S/C23H25N3O/c27-23(26-13-11-20(12-14-26)22-16-24-17-25-22)15-21(18-7-3-1-4-8-18)19-9-5-2-6-10-19/h1-10,16-17,20-21H,11-15H2,(H,24,25). The molecule has 0 atom stereocenters. The SMILES string of the molecule is O=C(CC(c1ccccc1)c1ccccc1)N1CCC(c2cnc[nH]2)CC1. The van der Waals surface area contributed by atoms with Crippen LogP contribution in [0.15, 0.2) is 73.2 Å². The molecule has 3 aromatic rings. The quantitative estimate of drug-likeness (QED) is 0.737. The first kappa shape index (κ1) is 17.5. The minimum absolute atomic E-state index is 0.102. The van der Waals surface area contributed by atoms with E-state index in [0.29, 0.717) is 12.3 Å². The first-order valence-corrected chi connectivity index (χ1v) is 9.67. The fourth-order valence-electron chi connectivity index (χ4n) is 4.03. The van der Waals surface area contributed by atoms with E-state index in [1.54, 1.807) is 6.33 Å². The predicted octanol–water partition coefficient (Wildman–Crippen LogP) is 4.34. The molecule has 1 aromatic heterocycles. The molecule has 4 rings (SSSR count). The molecule has 27 heavy (non-hydrogen) atoms. The monoisotopic (exact) mass is 359 g/mol. The van der Waals surface area contributed by atoms with Crippen LogP contribution in [0.4, 0.5) is 0 Å². The van der Waals surface area contributed by atoms with Gasteiger partial charge in [-0.05, 0) is 24.0 Å². The molecular formula is C23H25N3O. The number of nitrogens with zero attached hydrogens (tertiary/aromatic N) is 2. The van der Waals surface area contributed by atoms with Crippen LogP contribution >= 0.6 is 0 Å². The third-order valence-corrected chi connectivity index (χ3v) is 5.59. The van der Waals surface area contributed by atoms with Gasteiger partial charge in [0, 0.05) is 43.2 Å². The topological polar surface area (TPSA) is 49.0 Å². The maximum Gasteiger partial charge on any atom is 0.223 e. The molecule has 1 saturated heterocycles. The lowest BCUT2D eigenvalue weighted by Crippen LogP contribution is -2.38. The highest BCUT2D eigenvalue weighted by Gasteiger charge is 2.27. The summed E-state index contributed by atoms with van der Waals surface area (Å²) in [6, 6.07) is 20.7. The summed E-state index contributed by atoms with van der Waals surface area (Å²) in [7, 11) is 0. The number of rotatable bonds is 5. The summed E-state index contributed by atoms with van der Waals surface area (Å²) in [5, 5.41) is 0. The van der Waals surface area contributed by atoms with Crippen molar-refractivity contribution in [1.29, 1.82) is 0 Å². The molecule has 0 spiro atoms. The Kier molecular flexibility index (Phi) is 5.33. The van der Waals surface area contributed by atoms with Crippen LogP contribution in [-0.2, 0) is 4.79 Å². The van der Waals surface area contributed by atoms with Gasteiger partial charge >= 0.3 is 0 Å². The van der Waals surface area contributed by atoms with Crippen LogP contribution in [0.5, 0.6) is 0 Å². The summed E-state index contributed by atoms with van der Waals surface area (Å²) in [5.74, 6) is 0.830. The maximum atomic E-state index is 13.1. The summed E-state index contributed by atoms with van der Waals surface area (Å²) < 4.78 is 0. The number of carbonyl (C=O) groups is 1. The smallest absolute Gasteiger partial charge is 0.223 e. The number of hydrogen-bond acceptors (Lipinski definition) is 2. The van der Waals surface area contributed by atoms with Crippen LogP contribution in [0, 0.1) is 0 Å². The van der Waals surface area contributed by atoms with E-state index >= 15 is 0 Å². The van der Waals surface area contributed by atoms with Gasteiger partial charge in [-0.3, -0.25) is 4.79 Å². The Morgan fingerprint density at radius 1 is 1.00 bits per heavy atom. The number of benzene rings is 2. The van der Waals surface area contributed by atoms with E-state index in [-0.39, 0.29) is 11.8 Å². The van der Waals surface area contributed by atoms with E-state index in [4.69, 9.17) is 0 Å². The van der Waals surface area contributed by atoms with Gasteiger partial charge in [-0.2, -0.15) is 0 Å². The van der Waals surface area contributed by atoms with Gasteiger partial charge in [0.05, 0.1) is 6.33 Å². The average molecular weight is 359 g/mol. The van der Waals surface area contributed by atoms with Gasteiger partial charge in [0.25, 0.3) is 0 Å². The molecule has 1 aliphatic heterocycles. The summed E-state index contributed by atoms with van der Waals surface area (Å²) in [4.78, 5) is 22.4. The second-order valence-electron chi connectivity index (χ2n) is 7.24. The summed E-state index contributed by atoms with van der Waals surface area (Å²) in [6.45, 7) is 1.64. The van der Waals surface area contributed by atoms with Crippen molar-refractivity contribution in [3.05, 3.63) is 90.0 Å². The van der Waals surface area contributed by atoms with E-state index in [1.807, 2.05) is 47.5 Å². The lowest BCUT2D eigenvalue weighted by molar-refractivity contribution is -0.132. The first-order chi connectivity index (χ1) is 13.3. The fraction of sp³-hybridized carbons (Fsp3) is 0.304. The van der Waals surface area contributed by atoms with Crippen molar-refractivity contribution >= 4 is 5.91 Å². The van der Waals surface area contributed by atoms with Crippen molar-refractivity contribution in [2.45, 2.75) is 31.1 Å². The molecule has 1 N–H and O–H groups in total. The molecule has 1 aliphatic rings. The van der Waals surface area contributed by atoms with Gasteiger partial charge in [-0.25, -0.2) is 4.98 Å². The van der Waals surface area contributed by atoms with Crippen LogP contribution < -0.4 is 0 Å². The van der Waals surface area contributed by atoms with Crippen molar-refractivity contribution < 1.29 is 4.79 Å².